The summed E-state index contributed by atoms with van der Waals surface area (Å²) in [6.45, 7) is 3.22. The van der Waals surface area contributed by atoms with Gasteiger partial charge in [0.15, 0.2) is 0 Å². The number of hydrogen-bond acceptors (Lipinski definition) is 1. The van der Waals surface area contributed by atoms with E-state index in [0.717, 1.165) is 17.7 Å². The molecule has 1 aromatic rings. The zero-order valence-electron chi connectivity index (χ0n) is 9.38. The third-order valence-corrected chi connectivity index (χ3v) is 4.82. The van der Waals surface area contributed by atoms with E-state index in [1.54, 1.807) is 0 Å². The van der Waals surface area contributed by atoms with Crippen LogP contribution in [0.4, 0.5) is 0 Å². The van der Waals surface area contributed by atoms with Crippen LogP contribution in [0.2, 0.25) is 0 Å². The predicted octanol–water partition coefficient (Wildman–Crippen LogP) is 3.54. The first-order valence-corrected chi connectivity index (χ1v) is 6.92. The van der Waals surface area contributed by atoms with Crippen LogP contribution in [0.1, 0.15) is 37.9 Å². The number of aromatic nitrogens is 2. The molecule has 1 aromatic heterocycles. The Hall–Kier alpha value is -0.310. The number of rotatable bonds is 3. The molecule has 0 saturated heterocycles. The van der Waals surface area contributed by atoms with Gasteiger partial charge in [-0.15, -0.1) is 0 Å². The molecule has 0 atom stereocenters. The molecule has 0 aliphatic heterocycles. The van der Waals surface area contributed by atoms with Crippen molar-refractivity contribution in [1.82, 2.24) is 9.55 Å². The van der Waals surface area contributed by atoms with E-state index in [4.69, 9.17) is 0 Å². The highest BCUT2D eigenvalue weighted by atomic mass is 79.9. The van der Waals surface area contributed by atoms with Crippen LogP contribution in [-0.2, 0) is 6.54 Å². The molecule has 0 radical (unpaired) electrons. The topological polar surface area (TPSA) is 17.8 Å². The molecule has 1 heterocycles. The van der Waals surface area contributed by atoms with Gasteiger partial charge in [-0.2, -0.15) is 0 Å². The Morgan fingerprint density at radius 1 is 1.40 bits per heavy atom. The maximum absolute atomic E-state index is 4.30. The van der Waals surface area contributed by atoms with E-state index in [1.165, 1.54) is 32.1 Å². The fourth-order valence-electron chi connectivity index (χ4n) is 2.57. The molecule has 15 heavy (non-hydrogen) atoms. The van der Waals surface area contributed by atoms with Crippen LogP contribution in [-0.4, -0.2) is 14.9 Å². The minimum atomic E-state index is 0.476. The highest BCUT2D eigenvalue weighted by molar-refractivity contribution is 9.09. The molecule has 0 spiro atoms. The van der Waals surface area contributed by atoms with Gasteiger partial charge in [0.1, 0.15) is 5.82 Å². The van der Waals surface area contributed by atoms with Crippen molar-refractivity contribution < 1.29 is 0 Å². The largest absolute Gasteiger partial charge is 0.335 e. The van der Waals surface area contributed by atoms with E-state index in [1.807, 2.05) is 6.20 Å². The first kappa shape index (κ1) is 11.2. The molecule has 1 fully saturated rings. The lowest BCUT2D eigenvalue weighted by Crippen LogP contribution is -2.31. The average molecular weight is 271 g/mol. The molecule has 1 aliphatic carbocycles. The SMILES string of the molecule is Cc1nccn1CC1(CBr)CCCCC1. The maximum atomic E-state index is 4.30. The lowest BCUT2D eigenvalue weighted by Gasteiger charge is -2.36. The van der Waals surface area contributed by atoms with Gasteiger partial charge in [-0.25, -0.2) is 4.98 Å². The first-order chi connectivity index (χ1) is 7.26. The first-order valence-electron chi connectivity index (χ1n) is 5.79. The van der Waals surface area contributed by atoms with Gasteiger partial charge in [0.05, 0.1) is 0 Å². The van der Waals surface area contributed by atoms with Crippen molar-refractivity contribution in [1.29, 1.82) is 0 Å². The smallest absolute Gasteiger partial charge is 0.105 e. The summed E-state index contributed by atoms with van der Waals surface area (Å²) in [5.41, 5.74) is 0.476. The van der Waals surface area contributed by atoms with Crippen molar-refractivity contribution in [2.45, 2.75) is 45.6 Å². The van der Waals surface area contributed by atoms with Crippen LogP contribution in [0.15, 0.2) is 12.4 Å². The lowest BCUT2D eigenvalue weighted by atomic mass is 9.75. The minimum absolute atomic E-state index is 0.476. The lowest BCUT2D eigenvalue weighted by molar-refractivity contribution is 0.190. The van der Waals surface area contributed by atoms with E-state index in [9.17, 15) is 0 Å². The fraction of sp³-hybridized carbons (Fsp3) is 0.750. The molecule has 0 aromatic carbocycles. The van der Waals surface area contributed by atoms with Crippen LogP contribution in [0.5, 0.6) is 0 Å². The third kappa shape index (κ3) is 2.44. The Bertz CT molecular complexity index is 313. The average Bonchev–Trinajstić information content (AvgIpc) is 2.66. The van der Waals surface area contributed by atoms with Crippen molar-refractivity contribution in [2.75, 3.05) is 5.33 Å². The summed E-state index contributed by atoms with van der Waals surface area (Å²) in [7, 11) is 0. The number of hydrogen-bond donors (Lipinski definition) is 0. The summed E-state index contributed by atoms with van der Waals surface area (Å²) in [6.07, 6.45) is 10.9. The van der Waals surface area contributed by atoms with E-state index in [0.29, 0.717) is 5.41 Å². The predicted molar refractivity (Wildman–Crippen MR) is 66.3 cm³/mol. The molecule has 3 heteroatoms. The molecule has 2 rings (SSSR count). The molecular formula is C12H19BrN2. The van der Waals surface area contributed by atoms with Gasteiger partial charge in [0, 0.05) is 24.3 Å². The molecule has 0 N–H and O–H groups in total. The Morgan fingerprint density at radius 3 is 2.67 bits per heavy atom. The van der Waals surface area contributed by atoms with Gasteiger partial charge >= 0.3 is 0 Å². The van der Waals surface area contributed by atoms with E-state index >= 15 is 0 Å². The molecule has 1 aliphatic rings. The monoisotopic (exact) mass is 270 g/mol. The van der Waals surface area contributed by atoms with E-state index in [2.05, 4.69) is 38.6 Å². The minimum Gasteiger partial charge on any atom is -0.335 e. The second-order valence-electron chi connectivity index (χ2n) is 4.80. The number of nitrogens with zero attached hydrogens (tertiary/aromatic N) is 2. The van der Waals surface area contributed by atoms with E-state index < -0.39 is 0 Å². The van der Waals surface area contributed by atoms with Crippen molar-refractivity contribution in [3.63, 3.8) is 0 Å². The highest BCUT2D eigenvalue weighted by Crippen LogP contribution is 2.39. The zero-order valence-corrected chi connectivity index (χ0v) is 11.0. The summed E-state index contributed by atoms with van der Waals surface area (Å²) < 4.78 is 2.30. The second kappa shape index (κ2) is 4.69. The van der Waals surface area contributed by atoms with Crippen molar-refractivity contribution in [2.24, 2.45) is 5.41 Å². The van der Waals surface area contributed by atoms with E-state index in [-0.39, 0.29) is 0 Å². The number of imidazole rings is 1. The van der Waals surface area contributed by atoms with Crippen LogP contribution < -0.4 is 0 Å². The molecule has 0 amide bonds. The fourth-order valence-corrected chi connectivity index (χ4v) is 3.31. The Labute approximate surface area is 100 Å². The summed E-state index contributed by atoms with van der Waals surface area (Å²) in [5, 5.41) is 1.12. The van der Waals surface area contributed by atoms with Gasteiger partial charge in [-0.1, -0.05) is 35.2 Å². The van der Waals surface area contributed by atoms with Crippen molar-refractivity contribution in [3.8, 4) is 0 Å². The maximum Gasteiger partial charge on any atom is 0.105 e. The highest BCUT2D eigenvalue weighted by Gasteiger charge is 2.31. The normalized spacial score (nSPS) is 20.4. The number of halogens is 1. The van der Waals surface area contributed by atoms with Crippen LogP contribution >= 0.6 is 15.9 Å². The van der Waals surface area contributed by atoms with Crippen LogP contribution in [0.3, 0.4) is 0 Å². The Balaban J connectivity index is 2.10. The summed E-state index contributed by atoms with van der Waals surface area (Å²) >= 11 is 3.70. The van der Waals surface area contributed by atoms with Crippen molar-refractivity contribution >= 4 is 15.9 Å². The zero-order chi connectivity index (χ0) is 10.7. The molecule has 0 unspecified atom stereocenters. The molecule has 1 saturated carbocycles. The second-order valence-corrected chi connectivity index (χ2v) is 5.36. The quantitative estimate of drug-likeness (QED) is 0.769. The summed E-state index contributed by atoms with van der Waals surface area (Å²) in [5.74, 6) is 1.14. The molecule has 2 nitrogen and oxygen atoms in total. The van der Waals surface area contributed by atoms with Crippen molar-refractivity contribution in [3.05, 3.63) is 18.2 Å². The number of alkyl halides is 1. The van der Waals surface area contributed by atoms with Crippen LogP contribution in [0.25, 0.3) is 0 Å². The van der Waals surface area contributed by atoms with Gasteiger partial charge in [-0.05, 0) is 25.2 Å². The third-order valence-electron chi connectivity index (χ3n) is 3.63. The summed E-state index contributed by atoms with van der Waals surface area (Å²) in [4.78, 5) is 4.30. The Kier molecular flexibility index (Phi) is 3.49. The Morgan fingerprint density at radius 2 is 2.13 bits per heavy atom. The van der Waals surface area contributed by atoms with Gasteiger partial charge in [-0.3, -0.25) is 0 Å². The van der Waals surface area contributed by atoms with Gasteiger partial charge < -0.3 is 4.57 Å². The molecule has 84 valence electrons. The van der Waals surface area contributed by atoms with Gasteiger partial charge in [0.25, 0.3) is 0 Å². The number of aryl methyl sites for hydroxylation is 1. The van der Waals surface area contributed by atoms with Gasteiger partial charge in [0.2, 0.25) is 0 Å². The summed E-state index contributed by atoms with van der Waals surface area (Å²) in [6, 6.07) is 0. The standard InChI is InChI=1S/C12H19BrN2/c1-11-14-7-8-15(11)10-12(9-13)5-3-2-4-6-12/h7-8H,2-6,9-10H2,1H3. The molecule has 0 bridgehead atoms. The molecular weight excluding hydrogens is 252 g/mol. The van der Waals surface area contributed by atoms with Crippen LogP contribution in [0, 0.1) is 12.3 Å².